The van der Waals surface area contributed by atoms with Crippen LogP contribution in [0.3, 0.4) is 0 Å². The number of hydrogen-bond acceptors (Lipinski definition) is 3. The third kappa shape index (κ3) is 2.07. The van der Waals surface area contributed by atoms with Crippen LogP contribution in [0.1, 0.15) is 0 Å². The van der Waals surface area contributed by atoms with Crippen LogP contribution in [0, 0.1) is 0 Å². The van der Waals surface area contributed by atoms with Gasteiger partial charge in [0, 0.05) is 36.9 Å². The molecule has 0 N–H and O–H groups in total. The molecule has 0 amide bonds. The second-order valence-corrected chi connectivity index (χ2v) is 4.43. The van der Waals surface area contributed by atoms with E-state index in [1.165, 1.54) is 5.69 Å². The van der Waals surface area contributed by atoms with Crippen molar-refractivity contribution < 1.29 is 0 Å². The molecule has 0 unspecified atom stereocenters. The summed E-state index contributed by atoms with van der Waals surface area (Å²) < 4.78 is 0. The predicted molar refractivity (Wildman–Crippen MR) is 73.9 cm³/mol. The molecule has 18 heavy (non-hydrogen) atoms. The molecule has 0 bridgehead atoms. The third-order valence-corrected chi connectivity index (χ3v) is 3.01. The normalized spacial score (nSPS) is 14.3. The van der Waals surface area contributed by atoms with Gasteiger partial charge in [-0.05, 0) is 24.3 Å². The molecule has 0 atom stereocenters. The van der Waals surface area contributed by atoms with Crippen LogP contribution in [0.25, 0.3) is 11.3 Å². The summed E-state index contributed by atoms with van der Waals surface area (Å²) in [6, 6.07) is 14.4. The van der Waals surface area contributed by atoms with E-state index in [-0.39, 0.29) is 0 Å². The predicted octanol–water partition coefficient (Wildman–Crippen LogP) is 2.93. The molecule has 0 spiro atoms. The first kappa shape index (κ1) is 10.8. The van der Waals surface area contributed by atoms with Gasteiger partial charge in [0.05, 0.1) is 12.4 Å². The Morgan fingerprint density at radius 2 is 2.00 bits per heavy atom. The van der Waals surface area contributed by atoms with Gasteiger partial charge in [-0.1, -0.05) is 18.2 Å². The molecule has 0 saturated carbocycles. The average Bonchev–Trinajstić information content (AvgIpc) is 2.87. The fraction of sp³-hybridized carbons (Fsp3) is 0.133. The SMILES string of the molecule is CN1C=CN(c2cccc(-c3ccccn3)c2)C1. The summed E-state index contributed by atoms with van der Waals surface area (Å²) in [5.74, 6) is 0. The van der Waals surface area contributed by atoms with Gasteiger partial charge in [0.2, 0.25) is 0 Å². The number of nitrogens with zero attached hydrogens (tertiary/aromatic N) is 3. The van der Waals surface area contributed by atoms with Crippen molar-refractivity contribution in [1.29, 1.82) is 0 Å². The lowest BCUT2D eigenvalue weighted by atomic mass is 10.1. The Bertz CT molecular complexity index is 563. The first-order valence-corrected chi connectivity index (χ1v) is 5.99. The van der Waals surface area contributed by atoms with Crippen molar-refractivity contribution in [2.75, 3.05) is 18.6 Å². The van der Waals surface area contributed by atoms with Crippen molar-refractivity contribution in [3.05, 3.63) is 61.1 Å². The minimum Gasteiger partial charge on any atom is -0.361 e. The van der Waals surface area contributed by atoms with Crippen molar-refractivity contribution in [3.63, 3.8) is 0 Å². The van der Waals surface area contributed by atoms with Gasteiger partial charge in [-0.2, -0.15) is 0 Å². The smallest absolute Gasteiger partial charge is 0.0938 e. The minimum absolute atomic E-state index is 0.895. The first-order valence-electron chi connectivity index (χ1n) is 5.99. The second-order valence-electron chi connectivity index (χ2n) is 4.43. The number of benzene rings is 1. The highest BCUT2D eigenvalue weighted by Gasteiger charge is 2.11. The quantitative estimate of drug-likeness (QED) is 0.800. The Balaban J connectivity index is 1.93. The molecule has 0 saturated heterocycles. The van der Waals surface area contributed by atoms with Crippen molar-refractivity contribution in [2.24, 2.45) is 0 Å². The molecule has 0 aliphatic carbocycles. The van der Waals surface area contributed by atoms with Crippen molar-refractivity contribution in [3.8, 4) is 11.3 Å². The summed E-state index contributed by atoms with van der Waals surface area (Å²) in [4.78, 5) is 8.75. The van der Waals surface area contributed by atoms with Crippen LogP contribution in [-0.2, 0) is 0 Å². The van der Waals surface area contributed by atoms with Crippen LogP contribution >= 0.6 is 0 Å². The van der Waals surface area contributed by atoms with Crippen LogP contribution in [0.4, 0.5) is 5.69 Å². The third-order valence-electron chi connectivity index (χ3n) is 3.01. The second kappa shape index (κ2) is 4.53. The Morgan fingerprint density at radius 3 is 2.72 bits per heavy atom. The summed E-state index contributed by atoms with van der Waals surface area (Å²) in [5.41, 5.74) is 3.35. The molecule has 3 rings (SSSR count). The molecule has 1 aromatic heterocycles. The van der Waals surface area contributed by atoms with Gasteiger partial charge in [-0.25, -0.2) is 0 Å². The van der Waals surface area contributed by atoms with Crippen LogP contribution in [0.5, 0.6) is 0 Å². The molecule has 0 radical (unpaired) electrons. The maximum atomic E-state index is 4.38. The average molecular weight is 237 g/mol. The van der Waals surface area contributed by atoms with Crippen LogP contribution in [0.15, 0.2) is 61.1 Å². The van der Waals surface area contributed by atoms with E-state index in [1.807, 2.05) is 24.4 Å². The van der Waals surface area contributed by atoms with E-state index in [4.69, 9.17) is 0 Å². The molecule has 2 heterocycles. The summed E-state index contributed by atoms with van der Waals surface area (Å²) in [7, 11) is 2.07. The molecule has 1 aliphatic rings. The van der Waals surface area contributed by atoms with Crippen LogP contribution in [0.2, 0.25) is 0 Å². The molecular weight excluding hydrogens is 222 g/mol. The van der Waals surface area contributed by atoms with E-state index in [0.29, 0.717) is 0 Å². The van der Waals surface area contributed by atoms with E-state index in [2.05, 4.69) is 58.5 Å². The van der Waals surface area contributed by atoms with Crippen LogP contribution < -0.4 is 4.90 Å². The van der Waals surface area contributed by atoms with Crippen molar-refractivity contribution in [1.82, 2.24) is 9.88 Å². The Kier molecular flexibility index (Phi) is 2.73. The summed E-state index contributed by atoms with van der Waals surface area (Å²) >= 11 is 0. The van der Waals surface area contributed by atoms with Gasteiger partial charge in [-0.3, -0.25) is 4.98 Å². The highest BCUT2D eigenvalue weighted by atomic mass is 15.3. The zero-order chi connectivity index (χ0) is 12.4. The number of rotatable bonds is 2. The Labute approximate surface area is 107 Å². The lowest BCUT2D eigenvalue weighted by Gasteiger charge is -2.18. The number of pyridine rings is 1. The monoisotopic (exact) mass is 237 g/mol. The van der Waals surface area contributed by atoms with Gasteiger partial charge in [-0.15, -0.1) is 0 Å². The molecule has 90 valence electrons. The standard InChI is InChI=1S/C15H15N3/c1-17-9-10-18(12-17)14-6-4-5-13(11-14)15-7-2-3-8-16-15/h2-11H,12H2,1H3. The molecule has 1 aromatic carbocycles. The highest BCUT2D eigenvalue weighted by Crippen LogP contribution is 2.24. The summed E-state index contributed by atoms with van der Waals surface area (Å²) in [6.07, 6.45) is 6.00. The van der Waals surface area contributed by atoms with Gasteiger partial charge < -0.3 is 9.80 Å². The van der Waals surface area contributed by atoms with Gasteiger partial charge in [0.1, 0.15) is 0 Å². The molecule has 0 fully saturated rings. The van der Waals surface area contributed by atoms with Crippen LogP contribution in [-0.4, -0.2) is 23.6 Å². The van der Waals surface area contributed by atoms with E-state index in [9.17, 15) is 0 Å². The van der Waals surface area contributed by atoms with E-state index in [0.717, 1.165) is 17.9 Å². The molecule has 3 nitrogen and oxygen atoms in total. The van der Waals surface area contributed by atoms with E-state index < -0.39 is 0 Å². The van der Waals surface area contributed by atoms with Crippen molar-refractivity contribution in [2.45, 2.75) is 0 Å². The molecule has 2 aromatic rings. The van der Waals surface area contributed by atoms with Gasteiger partial charge in [0.15, 0.2) is 0 Å². The minimum atomic E-state index is 0.895. The summed E-state index contributed by atoms with van der Waals surface area (Å²) in [6.45, 7) is 0.895. The Morgan fingerprint density at radius 1 is 1.06 bits per heavy atom. The first-order chi connectivity index (χ1) is 8.83. The maximum Gasteiger partial charge on any atom is 0.0938 e. The maximum absolute atomic E-state index is 4.38. The zero-order valence-corrected chi connectivity index (χ0v) is 10.3. The number of hydrogen-bond donors (Lipinski definition) is 0. The largest absolute Gasteiger partial charge is 0.361 e. The van der Waals surface area contributed by atoms with Crippen molar-refractivity contribution >= 4 is 5.69 Å². The summed E-state index contributed by atoms with van der Waals surface area (Å²) in [5, 5.41) is 0. The topological polar surface area (TPSA) is 19.4 Å². The van der Waals surface area contributed by atoms with Gasteiger partial charge >= 0.3 is 0 Å². The molecule has 3 heteroatoms. The number of aromatic nitrogens is 1. The van der Waals surface area contributed by atoms with E-state index in [1.54, 1.807) is 0 Å². The lowest BCUT2D eigenvalue weighted by molar-refractivity contribution is 0.496. The van der Waals surface area contributed by atoms with E-state index >= 15 is 0 Å². The highest BCUT2D eigenvalue weighted by molar-refractivity contribution is 5.66. The fourth-order valence-electron chi connectivity index (χ4n) is 2.07. The fourth-order valence-corrected chi connectivity index (χ4v) is 2.07. The number of anilines is 1. The zero-order valence-electron chi connectivity index (χ0n) is 10.3. The van der Waals surface area contributed by atoms with Gasteiger partial charge in [0.25, 0.3) is 0 Å². The molecule has 1 aliphatic heterocycles. The Hall–Kier alpha value is -2.29. The lowest BCUT2D eigenvalue weighted by Crippen LogP contribution is -2.21. The molecular formula is C15H15N3.